The van der Waals surface area contributed by atoms with E-state index < -0.39 is 0 Å². The van der Waals surface area contributed by atoms with Gasteiger partial charge in [-0.2, -0.15) is 0 Å². The van der Waals surface area contributed by atoms with Gasteiger partial charge in [-0.3, -0.25) is 4.79 Å². The van der Waals surface area contributed by atoms with Gasteiger partial charge in [-0.15, -0.1) is 0 Å². The van der Waals surface area contributed by atoms with Crippen molar-refractivity contribution in [2.24, 2.45) is 0 Å². The van der Waals surface area contributed by atoms with Crippen molar-refractivity contribution in [2.75, 3.05) is 45.8 Å². The zero-order chi connectivity index (χ0) is 14.8. The van der Waals surface area contributed by atoms with E-state index in [1.54, 1.807) is 25.3 Å². The summed E-state index contributed by atoms with van der Waals surface area (Å²) in [5.74, 6) is 0.345. The first-order valence-electron chi connectivity index (χ1n) is 6.56. The molecule has 0 aliphatic heterocycles. The van der Waals surface area contributed by atoms with Gasteiger partial charge in [-0.25, -0.2) is 0 Å². The normalized spacial score (nSPS) is 10.3. The van der Waals surface area contributed by atoms with Crippen LogP contribution in [0.25, 0.3) is 0 Å². The number of nitrogens with one attached hydrogen (secondary N) is 1. The van der Waals surface area contributed by atoms with Crippen LogP contribution in [0.3, 0.4) is 0 Å². The lowest BCUT2D eigenvalue weighted by atomic mass is 10.2. The van der Waals surface area contributed by atoms with Crippen LogP contribution in [0.2, 0.25) is 0 Å². The number of benzene rings is 1. The van der Waals surface area contributed by atoms with Gasteiger partial charge in [0.25, 0.3) is 5.91 Å². The molecular formula is C14H22N2O4. The van der Waals surface area contributed by atoms with Gasteiger partial charge in [0, 0.05) is 19.2 Å². The number of rotatable bonds is 9. The van der Waals surface area contributed by atoms with Crippen LogP contribution in [-0.2, 0) is 9.47 Å². The van der Waals surface area contributed by atoms with Gasteiger partial charge in [0.05, 0.1) is 25.5 Å². The van der Waals surface area contributed by atoms with Crippen molar-refractivity contribution >= 4 is 11.6 Å². The highest BCUT2D eigenvalue weighted by atomic mass is 16.5. The van der Waals surface area contributed by atoms with E-state index >= 15 is 0 Å². The van der Waals surface area contributed by atoms with Gasteiger partial charge in [0.15, 0.2) is 0 Å². The maximum Gasteiger partial charge on any atom is 0.251 e. The van der Waals surface area contributed by atoms with E-state index in [0.717, 1.165) is 0 Å². The van der Waals surface area contributed by atoms with Crippen molar-refractivity contribution in [3.63, 3.8) is 0 Å². The summed E-state index contributed by atoms with van der Waals surface area (Å²) in [5, 5.41) is 2.73. The van der Waals surface area contributed by atoms with E-state index in [0.29, 0.717) is 50.0 Å². The topological polar surface area (TPSA) is 82.8 Å². The lowest BCUT2D eigenvalue weighted by Gasteiger charge is -2.11. The lowest BCUT2D eigenvalue weighted by Crippen LogP contribution is -2.22. The molecule has 0 radical (unpaired) electrons. The third-order valence-electron chi connectivity index (χ3n) is 2.53. The summed E-state index contributed by atoms with van der Waals surface area (Å²) in [6.45, 7) is 4.32. The number of amides is 1. The highest BCUT2D eigenvalue weighted by molar-refractivity contribution is 5.95. The molecule has 0 aromatic heterocycles. The van der Waals surface area contributed by atoms with Crippen LogP contribution >= 0.6 is 0 Å². The number of carbonyl (C=O) groups excluding carboxylic acids is 1. The molecule has 0 unspecified atom stereocenters. The minimum atomic E-state index is -0.145. The predicted molar refractivity (Wildman–Crippen MR) is 77.1 cm³/mol. The second-order valence-corrected chi connectivity index (χ2v) is 4.07. The highest BCUT2D eigenvalue weighted by Gasteiger charge is 2.08. The first-order chi connectivity index (χ1) is 9.69. The summed E-state index contributed by atoms with van der Waals surface area (Å²) in [6, 6.07) is 4.96. The molecule has 6 heteroatoms. The largest absolute Gasteiger partial charge is 0.489 e. The molecule has 1 rings (SSSR count). The molecule has 6 nitrogen and oxygen atoms in total. The zero-order valence-corrected chi connectivity index (χ0v) is 12.0. The highest BCUT2D eigenvalue weighted by Crippen LogP contribution is 2.22. The number of carbonyl (C=O) groups is 1. The molecule has 0 atom stereocenters. The molecule has 0 saturated heterocycles. The number of anilines is 1. The van der Waals surface area contributed by atoms with Gasteiger partial charge in [0.2, 0.25) is 0 Å². The maximum absolute atomic E-state index is 11.7. The van der Waals surface area contributed by atoms with Crippen molar-refractivity contribution in [3.05, 3.63) is 23.8 Å². The van der Waals surface area contributed by atoms with E-state index in [-0.39, 0.29) is 5.91 Å². The number of ether oxygens (including phenoxy) is 3. The number of nitrogen functional groups attached to an aromatic ring is 1. The van der Waals surface area contributed by atoms with Crippen LogP contribution < -0.4 is 15.8 Å². The Morgan fingerprint density at radius 3 is 2.70 bits per heavy atom. The number of hydrogen-bond acceptors (Lipinski definition) is 5. The Balaban J connectivity index is 2.48. The number of nitrogens with two attached hydrogens (primary N) is 1. The van der Waals surface area contributed by atoms with Gasteiger partial charge in [0.1, 0.15) is 12.4 Å². The van der Waals surface area contributed by atoms with Crippen LogP contribution in [0.1, 0.15) is 17.3 Å². The molecule has 0 spiro atoms. The molecule has 0 saturated carbocycles. The Morgan fingerprint density at radius 1 is 1.25 bits per heavy atom. The van der Waals surface area contributed by atoms with E-state index in [9.17, 15) is 4.79 Å². The molecule has 112 valence electrons. The van der Waals surface area contributed by atoms with Gasteiger partial charge in [-0.05, 0) is 25.1 Å². The monoisotopic (exact) mass is 282 g/mol. The standard InChI is InChI=1S/C14H22N2O4/c1-3-16-14(17)11-4-5-12(15)13(10-11)20-9-8-19-7-6-18-2/h4-5,10H,3,6-9,15H2,1-2H3,(H,16,17). The summed E-state index contributed by atoms with van der Waals surface area (Å²) < 4.78 is 15.7. The van der Waals surface area contributed by atoms with Crippen LogP contribution in [0.15, 0.2) is 18.2 Å². The quantitative estimate of drug-likeness (QED) is 0.523. The van der Waals surface area contributed by atoms with Crippen molar-refractivity contribution in [1.82, 2.24) is 5.32 Å². The van der Waals surface area contributed by atoms with E-state index in [4.69, 9.17) is 19.9 Å². The minimum Gasteiger partial charge on any atom is -0.489 e. The lowest BCUT2D eigenvalue weighted by molar-refractivity contribution is 0.0545. The fraction of sp³-hybridized carbons (Fsp3) is 0.500. The van der Waals surface area contributed by atoms with Crippen molar-refractivity contribution < 1.29 is 19.0 Å². The summed E-state index contributed by atoms with van der Waals surface area (Å²) in [6.07, 6.45) is 0. The van der Waals surface area contributed by atoms with Crippen LogP contribution in [-0.4, -0.2) is 46.0 Å². The minimum absolute atomic E-state index is 0.145. The van der Waals surface area contributed by atoms with Gasteiger partial charge < -0.3 is 25.3 Å². The van der Waals surface area contributed by atoms with Crippen molar-refractivity contribution in [2.45, 2.75) is 6.92 Å². The van der Waals surface area contributed by atoms with Gasteiger partial charge in [-0.1, -0.05) is 0 Å². The van der Waals surface area contributed by atoms with Crippen molar-refractivity contribution in [3.8, 4) is 5.75 Å². The molecule has 1 aromatic rings. The summed E-state index contributed by atoms with van der Waals surface area (Å²) >= 11 is 0. The third-order valence-corrected chi connectivity index (χ3v) is 2.53. The Labute approximate surface area is 119 Å². The fourth-order valence-corrected chi connectivity index (χ4v) is 1.52. The summed E-state index contributed by atoms with van der Waals surface area (Å²) in [4.78, 5) is 11.7. The Kier molecular flexibility index (Phi) is 7.46. The molecule has 3 N–H and O–H groups in total. The molecule has 0 bridgehead atoms. The Bertz CT molecular complexity index is 424. The van der Waals surface area contributed by atoms with Crippen LogP contribution in [0, 0.1) is 0 Å². The van der Waals surface area contributed by atoms with Crippen molar-refractivity contribution in [1.29, 1.82) is 0 Å². The number of hydrogen-bond donors (Lipinski definition) is 2. The van der Waals surface area contributed by atoms with E-state index in [2.05, 4.69) is 5.32 Å². The summed E-state index contributed by atoms with van der Waals surface area (Å²) in [7, 11) is 1.62. The molecule has 0 aliphatic rings. The van der Waals surface area contributed by atoms with E-state index in [1.807, 2.05) is 6.92 Å². The molecule has 20 heavy (non-hydrogen) atoms. The first kappa shape index (κ1) is 16.3. The van der Waals surface area contributed by atoms with E-state index in [1.165, 1.54) is 0 Å². The second-order valence-electron chi connectivity index (χ2n) is 4.07. The van der Waals surface area contributed by atoms with Crippen LogP contribution in [0.4, 0.5) is 5.69 Å². The third kappa shape index (κ3) is 5.46. The maximum atomic E-state index is 11.7. The first-order valence-corrected chi connectivity index (χ1v) is 6.56. The number of methoxy groups -OCH3 is 1. The van der Waals surface area contributed by atoms with Crippen LogP contribution in [0.5, 0.6) is 5.75 Å². The Hall–Kier alpha value is -1.79. The van der Waals surface area contributed by atoms with Gasteiger partial charge >= 0.3 is 0 Å². The molecule has 1 aromatic carbocycles. The Morgan fingerprint density at radius 2 is 2.00 bits per heavy atom. The predicted octanol–water partition coefficient (Wildman–Crippen LogP) is 1.06. The average molecular weight is 282 g/mol. The average Bonchev–Trinajstić information content (AvgIpc) is 2.44. The SMILES string of the molecule is CCNC(=O)c1ccc(N)c(OCCOCCOC)c1. The smallest absolute Gasteiger partial charge is 0.251 e. The fourth-order valence-electron chi connectivity index (χ4n) is 1.52. The molecule has 0 fully saturated rings. The molecule has 0 aliphatic carbocycles. The summed E-state index contributed by atoms with van der Waals surface area (Å²) in [5.41, 5.74) is 6.83. The second kappa shape index (κ2) is 9.17. The molecular weight excluding hydrogens is 260 g/mol. The zero-order valence-electron chi connectivity index (χ0n) is 12.0. The molecule has 0 heterocycles. The molecule has 1 amide bonds.